The van der Waals surface area contributed by atoms with E-state index in [0.29, 0.717) is 5.52 Å². The molecule has 0 aromatic carbocycles. The average molecular weight is 657 g/mol. The van der Waals surface area contributed by atoms with E-state index in [4.69, 9.17) is 9.47 Å². The van der Waals surface area contributed by atoms with Gasteiger partial charge < -0.3 is 28.1 Å². The topological polar surface area (TPSA) is 136 Å². The summed E-state index contributed by atoms with van der Waals surface area (Å²) in [5.74, 6) is -5.31. The number of rotatable bonds is 11. The van der Waals surface area contributed by atoms with Crippen LogP contribution in [0.1, 0.15) is 54.3 Å². The first-order valence-corrected chi connectivity index (χ1v) is 14.3. The monoisotopic (exact) mass is 656 g/mol. The third-order valence-electron chi connectivity index (χ3n) is 7.71. The lowest BCUT2D eigenvalue weighted by Crippen LogP contribution is -2.46. The molecule has 0 saturated carbocycles. The summed E-state index contributed by atoms with van der Waals surface area (Å²) in [6.07, 6.45) is 0.351. The zero-order chi connectivity index (χ0) is 34.8. The summed E-state index contributed by atoms with van der Waals surface area (Å²) < 4.78 is 52.6. The average Bonchev–Trinajstić information content (AvgIpc) is 3.66. The van der Waals surface area contributed by atoms with Gasteiger partial charge in [-0.2, -0.15) is 13.2 Å². The van der Waals surface area contributed by atoms with Crippen molar-refractivity contribution in [2.24, 2.45) is 0 Å². The highest BCUT2D eigenvalue weighted by atomic mass is 19.4. The van der Waals surface area contributed by atoms with Gasteiger partial charge in [-0.25, -0.2) is 0 Å². The molecule has 0 spiro atoms. The largest absolute Gasteiger partial charge is 0.471 e. The molecule has 0 aliphatic heterocycles. The second kappa shape index (κ2) is 13.5. The van der Waals surface area contributed by atoms with Crippen LogP contribution in [0.4, 0.5) is 13.2 Å². The number of likely N-dealkylation sites (N-methyl/N-ethyl adjacent to an activating group) is 2. The Bertz CT molecular complexity index is 1890. The standard InChI is InChI=1S/C32H31F3N4O8/c1-18(29(43)21-12-16-38-14-6-8-23(27(21)38)46-20(3)40)36(4)25(41)10-11-26(42)47-24-9-7-15-39-17-13-22(28(24)39)30(44)19(2)37(5)31(45)32(33,34)35/h6-9,12-19H,10-11H2,1-5H3. The fourth-order valence-electron chi connectivity index (χ4n) is 4.94. The van der Waals surface area contributed by atoms with E-state index in [1.54, 1.807) is 35.0 Å². The van der Waals surface area contributed by atoms with Gasteiger partial charge in [0.15, 0.2) is 23.1 Å². The maximum absolute atomic E-state index is 13.4. The third kappa shape index (κ3) is 7.18. The molecule has 248 valence electrons. The highest BCUT2D eigenvalue weighted by Crippen LogP contribution is 2.29. The number of ether oxygens (including phenoxy) is 2. The zero-order valence-electron chi connectivity index (χ0n) is 26.0. The number of pyridine rings is 2. The van der Waals surface area contributed by atoms with E-state index in [1.165, 1.54) is 60.8 Å². The SMILES string of the molecule is CC(=O)Oc1cccn2ccc(C(=O)C(C)N(C)C(=O)CCC(=O)Oc3cccn4ccc(C(=O)C(C)N(C)C(=O)C(F)(F)F)c34)c12. The Kier molecular flexibility index (Phi) is 9.87. The molecule has 2 amide bonds. The molecule has 0 bridgehead atoms. The number of carbonyl (C=O) groups is 6. The van der Waals surface area contributed by atoms with Crippen molar-refractivity contribution in [3.05, 3.63) is 72.3 Å². The summed E-state index contributed by atoms with van der Waals surface area (Å²) in [7, 11) is 2.27. The predicted molar refractivity (Wildman–Crippen MR) is 160 cm³/mol. The molecule has 2 unspecified atom stereocenters. The van der Waals surface area contributed by atoms with Gasteiger partial charge in [-0.1, -0.05) is 0 Å². The van der Waals surface area contributed by atoms with E-state index in [1.807, 2.05) is 0 Å². The number of ketones is 2. The number of alkyl halides is 3. The second-order valence-corrected chi connectivity index (χ2v) is 10.8. The van der Waals surface area contributed by atoms with Crippen LogP contribution in [0.25, 0.3) is 11.0 Å². The number of Topliss-reactive ketones (excluding diaryl/α,β-unsaturated/α-hetero) is 2. The molecule has 0 saturated heterocycles. The molecule has 0 radical (unpaired) electrons. The lowest BCUT2D eigenvalue weighted by Gasteiger charge is -2.24. The minimum absolute atomic E-state index is 0.0825. The summed E-state index contributed by atoms with van der Waals surface area (Å²) in [5.41, 5.74) is 0.582. The number of halogens is 3. The van der Waals surface area contributed by atoms with E-state index in [9.17, 15) is 41.9 Å². The van der Waals surface area contributed by atoms with Crippen molar-refractivity contribution in [3.8, 4) is 11.5 Å². The van der Waals surface area contributed by atoms with Crippen molar-refractivity contribution in [1.29, 1.82) is 0 Å². The van der Waals surface area contributed by atoms with Crippen LogP contribution in [0.15, 0.2) is 61.2 Å². The number of amides is 2. The summed E-state index contributed by atoms with van der Waals surface area (Å²) in [6, 6.07) is 6.51. The Balaban J connectivity index is 1.44. The zero-order valence-corrected chi connectivity index (χ0v) is 26.0. The summed E-state index contributed by atoms with van der Waals surface area (Å²) in [6.45, 7) is 3.90. The summed E-state index contributed by atoms with van der Waals surface area (Å²) in [4.78, 5) is 77.1. The van der Waals surface area contributed by atoms with Crippen LogP contribution in [0.2, 0.25) is 0 Å². The van der Waals surface area contributed by atoms with Crippen molar-refractivity contribution in [3.63, 3.8) is 0 Å². The molecule has 0 aliphatic rings. The van der Waals surface area contributed by atoms with Crippen LogP contribution in [0, 0.1) is 0 Å². The van der Waals surface area contributed by atoms with Crippen molar-refractivity contribution >= 4 is 46.4 Å². The van der Waals surface area contributed by atoms with Gasteiger partial charge >= 0.3 is 24.0 Å². The van der Waals surface area contributed by atoms with Gasteiger partial charge in [0.1, 0.15) is 0 Å². The number of fused-ring (bicyclic) bond motifs is 2. The van der Waals surface area contributed by atoms with E-state index in [2.05, 4.69) is 0 Å². The van der Waals surface area contributed by atoms with Gasteiger partial charge in [0.25, 0.3) is 0 Å². The molecule has 47 heavy (non-hydrogen) atoms. The highest BCUT2D eigenvalue weighted by molar-refractivity contribution is 6.09. The number of esters is 2. The number of aromatic nitrogens is 2. The van der Waals surface area contributed by atoms with Crippen molar-refractivity contribution < 1.29 is 51.4 Å². The maximum Gasteiger partial charge on any atom is 0.471 e. The van der Waals surface area contributed by atoms with Gasteiger partial charge in [-0.15, -0.1) is 0 Å². The third-order valence-corrected chi connectivity index (χ3v) is 7.71. The van der Waals surface area contributed by atoms with E-state index in [0.717, 1.165) is 14.0 Å². The summed E-state index contributed by atoms with van der Waals surface area (Å²) >= 11 is 0. The van der Waals surface area contributed by atoms with E-state index in [-0.39, 0.29) is 39.5 Å². The molecule has 4 aromatic rings. The maximum atomic E-state index is 13.4. The second-order valence-electron chi connectivity index (χ2n) is 10.8. The minimum Gasteiger partial charge on any atom is -0.424 e. The number of carbonyl (C=O) groups excluding carboxylic acids is 6. The lowest BCUT2D eigenvalue weighted by molar-refractivity contribution is -0.185. The van der Waals surface area contributed by atoms with Crippen molar-refractivity contribution in [1.82, 2.24) is 18.6 Å². The molecule has 0 fully saturated rings. The molecule has 2 atom stereocenters. The van der Waals surface area contributed by atoms with Crippen LogP contribution in [0.5, 0.6) is 11.5 Å². The van der Waals surface area contributed by atoms with Gasteiger partial charge in [-0.3, -0.25) is 28.8 Å². The van der Waals surface area contributed by atoms with Crippen LogP contribution in [-0.2, 0) is 19.2 Å². The summed E-state index contributed by atoms with van der Waals surface area (Å²) in [5, 5.41) is 0. The molecule has 4 heterocycles. The van der Waals surface area contributed by atoms with E-state index < -0.39 is 60.0 Å². The van der Waals surface area contributed by atoms with E-state index >= 15 is 0 Å². The molecular formula is C32H31F3N4O8. The quantitative estimate of drug-likeness (QED) is 0.174. The van der Waals surface area contributed by atoms with Crippen LogP contribution < -0.4 is 9.47 Å². The Morgan fingerprint density at radius 2 is 1.19 bits per heavy atom. The Morgan fingerprint density at radius 3 is 1.66 bits per heavy atom. The Hall–Kier alpha value is -5.47. The molecule has 4 aromatic heterocycles. The predicted octanol–water partition coefficient (Wildman–Crippen LogP) is 4.12. The van der Waals surface area contributed by atoms with Gasteiger partial charge in [0.05, 0.1) is 29.5 Å². The lowest BCUT2D eigenvalue weighted by atomic mass is 10.0. The first-order valence-electron chi connectivity index (χ1n) is 14.3. The first-order chi connectivity index (χ1) is 22.0. The van der Waals surface area contributed by atoms with Crippen LogP contribution in [-0.4, -0.2) is 86.3 Å². The number of hydrogen-bond acceptors (Lipinski definition) is 8. The normalized spacial score (nSPS) is 12.8. The Labute approximate surface area is 266 Å². The molecule has 15 heteroatoms. The first kappa shape index (κ1) is 34.4. The highest BCUT2D eigenvalue weighted by Gasteiger charge is 2.44. The molecule has 0 aliphatic carbocycles. The van der Waals surface area contributed by atoms with Gasteiger partial charge in [-0.05, 0) is 50.2 Å². The fourth-order valence-corrected chi connectivity index (χ4v) is 4.94. The van der Waals surface area contributed by atoms with Crippen LogP contribution >= 0.6 is 0 Å². The smallest absolute Gasteiger partial charge is 0.424 e. The van der Waals surface area contributed by atoms with Gasteiger partial charge in [0.2, 0.25) is 5.91 Å². The molecular weight excluding hydrogens is 625 g/mol. The molecule has 4 rings (SSSR count). The molecule has 0 N–H and O–H groups in total. The molecule has 12 nitrogen and oxygen atoms in total. The number of nitrogens with zero attached hydrogens (tertiary/aromatic N) is 4. The van der Waals surface area contributed by atoms with Crippen molar-refractivity contribution in [2.45, 2.75) is 51.9 Å². The van der Waals surface area contributed by atoms with Crippen molar-refractivity contribution in [2.75, 3.05) is 14.1 Å². The van der Waals surface area contributed by atoms with Crippen LogP contribution in [0.3, 0.4) is 0 Å². The fraction of sp³-hybridized carbons (Fsp3) is 0.312. The minimum atomic E-state index is -5.17. The number of hydrogen-bond donors (Lipinski definition) is 0. The van der Waals surface area contributed by atoms with Gasteiger partial charge in [0, 0.05) is 63.4 Å². The Morgan fingerprint density at radius 1 is 0.723 bits per heavy atom.